The van der Waals surface area contributed by atoms with Crippen LogP contribution in [-0.4, -0.2) is 71.5 Å². The summed E-state index contributed by atoms with van der Waals surface area (Å²) in [6.07, 6.45) is 1.11. The lowest BCUT2D eigenvalue weighted by Crippen LogP contribution is -2.46. The van der Waals surface area contributed by atoms with Gasteiger partial charge in [-0.05, 0) is 30.0 Å². The molecule has 0 aromatic heterocycles. The van der Waals surface area contributed by atoms with Crippen LogP contribution in [0.15, 0.2) is 23.2 Å². The van der Waals surface area contributed by atoms with E-state index < -0.39 is 0 Å². The first-order chi connectivity index (χ1) is 13.6. The summed E-state index contributed by atoms with van der Waals surface area (Å²) in [4.78, 5) is 6.81. The normalized spacial score (nSPS) is 16.7. The van der Waals surface area contributed by atoms with Crippen molar-refractivity contribution >= 4 is 5.96 Å². The van der Waals surface area contributed by atoms with Crippen molar-refractivity contribution in [2.45, 2.75) is 26.3 Å². The van der Waals surface area contributed by atoms with Crippen LogP contribution < -0.4 is 20.1 Å². The molecule has 2 rings (SSSR count). The van der Waals surface area contributed by atoms with E-state index >= 15 is 0 Å². The predicted octanol–water partition coefficient (Wildman–Crippen LogP) is 2.29. The Balaban J connectivity index is 2.11. The molecule has 0 radical (unpaired) electrons. The van der Waals surface area contributed by atoms with Crippen molar-refractivity contribution in [3.05, 3.63) is 23.8 Å². The molecule has 1 aromatic rings. The van der Waals surface area contributed by atoms with E-state index in [4.69, 9.17) is 14.2 Å². The summed E-state index contributed by atoms with van der Waals surface area (Å²) >= 11 is 0. The molecule has 1 fully saturated rings. The van der Waals surface area contributed by atoms with Gasteiger partial charge in [-0.3, -0.25) is 9.89 Å². The van der Waals surface area contributed by atoms with Crippen LogP contribution in [0.4, 0.5) is 0 Å². The minimum Gasteiger partial charge on any atom is -0.493 e. The third-order valence-electron chi connectivity index (χ3n) is 4.98. The minimum atomic E-state index is 0.187. The van der Waals surface area contributed by atoms with E-state index in [1.807, 2.05) is 13.1 Å². The second-order valence-electron chi connectivity index (χ2n) is 7.34. The van der Waals surface area contributed by atoms with Gasteiger partial charge in [-0.1, -0.05) is 19.9 Å². The van der Waals surface area contributed by atoms with Crippen LogP contribution in [0.3, 0.4) is 0 Å². The van der Waals surface area contributed by atoms with Gasteiger partial charge in [-0.15, -0.1) is 0 Å². The van der Waals surface area contributed by atoms with Gasteiger partial charge in [0, 0.05) is 33.2 Å². The summed E-state index contributed by atoms with van der Waals surface area (Å²) in [7, 11) is 5.14. The van der Waals surface area contributed by atoms with Crippen LogP contribution in [0.25, 0.3) is 0 Å². The fraction of sp³-hybridized carbons (Fsp3) is 0.667. The second kappa shape index (κ2) is 11.8. The molecule has 1 heterocycles. The molecule has 7 heteroatoms. The van der Waals surface area contributed by atoms with Crippen molar-refractivity contribution in [1.29, 1.82) is 0 Å². The molecule has 1 aliphatic heterocycles. The molecule has 158 valence electrons. The molecular weight excluding hydrogens is 356 g/mol. The third-order valence-corrected chi connectivity index (χ3v) is 4.98. The Morgan fingerprint density at radius 2 is 1.86 bits per heavy atom. The van der Waals surface area contributed by atoms with Crippen LogP contribution in [-0.2, 0) is 4.74 Å². The summed E-state index contributed by atoms with van der Waals surface area (Å²) in [5.41, 5.74) is 1.18. The summed E-state index contributed by atoms with van der Waals surface area (Å²) in [6.45, 7) is 9.43. The summed E-state index contributed by atoms with van der Waals surface area (Å²) in [6, 6.07) is 6.33. The van der Waals surface area contributed by atoms with E-state index in [1.165, 1.54) is 5.56 Å². The van der Waals surface area contributed by atoms with Crippen LogP contribution in [0, 0.1) is 5.92 Å². The molecule has 0 spiro atoms. The van der Waals surface area contributed by atoms with E-state index in [0.717, 1.165) is 63.3 Å². The highest BCUT2D eigenvalue weighted by Crippen LogP contribution is 2.32. The van der Waals surface area contributed by atoms with Crippen LogP contribution in [0.5, 0.6) is 11.5 Å². The minimum absolute atomic E-state index is 0.187. The van der Waals surface area contributed by atoms with E-state index in [2.05, 4.69) is 46.5 Å². The molecule has 2 N–H and O–H groups in total. The fourth-order valence-corrected chi connectivity index (χ4v) is 3.30. The zero-order valence-electron chi connectivity index (χ0n) is 18.0. The van der Waals surface area contributed by atoms with Crippen molar-refractivity contribution in [3.63, 3.8) is 0 Å². The number of rotatable bonds is 9. The number of nitrogens with zero attached hydrogens (tertiary/aromatic N) is 2. The Hall–Kier alpha value is -1.99. The average molecular weight is 393 g/mol. The molecular formula is C21H36N4O3. The van der Waals surface area contributed by atoms with Gasteiger partial charge in [0.2, 0.25) is 0 Å². The Kier molecular flexibility index (Phi) is 9.37. The number of morpholine rings is 1. The zero-order valence-corrected chi connectivity index (χ0v) is 18.0. The molecule has 1 atom stereocenters. The highest BCUT2D eigenvalue weighted by molar-refractivity contribution is 5.79. The molecule has 1 saturated heterocycles. The number of ether oxygens (including phenoxy) is 3. The van der Waals surface area contributed by atoms with E-state index in [0.29, 0.717) is 5.92 Å². The highest BCUT2D eigenvalue weighted by Gasteiger charge is 2.24. The first-order valence-corrected chi connectivity index (χ1v) is 10.1. The van der Waals surface area contributed by atoms with E-state index in [9.17, 15) is 0 Å². The molecule has 0 amide bonds. The second-order valence-corrected chi connectivity index (χ2v) is 7.34. The smallest absolute Gasteiger partial charge is 0.191 e. The van der Waals surface area contributed by atoms with E-state index in [-0.39, 0.29) is 6.04 Å². The summed E-state index contributed by atoms with van der Waals surface area (Å²) in [5, 5.41) is 6.89. The van der Waals surface area contributed by atoms with Crippen molar-refractivity contribution in [3.8, 4) is 11.5 Å². The predicted molar refractivity (Wildman–Crippen MR) is 113 cm³/mol. The maximum atomic E-state index is 5.55. The van der Waals surface area contributed by atoms with Crippen molar-refractivity contribution in [2.24, 2.45) is 10.9 Å². The lowest BCUT2D eigenvalue weighted by atomic mass is 10.0. The van der Waals surface area contributed by atoms with Gasteiger partial charge in [0.05, 0.1) is 33.5 Å². The van der Waals surface area contributed by atoms with Gasteiger partial charge in [0.25, 0.3) is 0 Å². The molecule has 1 aliphatic rings. The number of guanidine groups is 1. The number of nitrogens with one attached hydrogen (secondary N) is 2. The molecule has 1 aromatic carbocycles. The molecule has 0 aliphatic carbocycles. The Labute approximate surface area is 169 Å². The zero-order chi connectivity index (χ0) is 20.4. The first kappa shape index (κ1) is 22.3. The number of methoxy groups -OCH3 is 2. The SMILES string of the molecule is CN=C(NCCC(C)C)NCC(c1ccc(OC)c(OC)c1)N1CCOCC1. The Bertz CT molecular complexity index is 616. The highest BCUT2D eigenvalue weighted by atomic mass is 16.5. The maximum absolute atomic E-state index is 5.55. The number of aliphatic imine (C=N–C) groups is 1. The largest absolute Gasteiger partial charge is 0.493 e. The fourth-order valence-electron chi connectivity index (χ4n) is 3.30. The van der Waals surface area contributed by atoms with Crippen LogP contribution in [0.2, 0.25) is 0 Å². The van der Waals surface area contributed by atoms with E-state index in [1.54, 1.807) is 14.2 Å². The molecule has 0 saturated carbocycles. The Morgan fingerprint density at radius 3 is 2.46 bits per heavy atom. The van der Waals surface area contributed by atoms with Gasteiger partial charge in [-0.25, -0.2) is 0 Å². The summed E-state index contributed by atoms with van der Waals surface area (Å²) < 4.78 is 16.5. The van der Waals surface area contributed by atoms with Gasteiger partial charge in [0.15, 0.2) is 17.5 Å². The number of hydrogen-bond donors (Lipinski definition) is 2. The quantitative estimate of drug-likeness (QED) is 0.496. The van der Waals surface area contributed by atoms with Crippen LogP contribution >= 0.6 is 0 Å². The molecule has 28 heavy (non-hydrogen) atoms. The Morgan fingerprint density at radius 1 is 1.14 bits per heavy atom. The molecule has 7 nitrogen and oxygen atoms in total. The standard InChI is InChI=1S/C21H36N4O3/c1-16(2)8-9-23-21(22-3)24-15-18(25-10-12-28-13-11-25)17-6-7-19(26-4)20(14-17)27-5/h6-7,14,16,18H,8-13,15H2,1-5H3,(H2,22,23,24). The third kappa shape index (κ3) is 6.56. The van der Waals surface area contributed by atoms with Gasteiger partial charge < -0.3 is 24.8 Å². The topological polar surface area (TPSA) is 67.4 Å². The lowest BCUT2D eigenvalue weighted by Gasteiger charge is -2.35. The van der Waals surface area contributed by atoms with Crippen molar-refractivity contribution in [1.82, 2.24) is 15.5 Å². The average Bonchev–Trinajstić information content (AvgIpc) is 2.72. The summed E-state index contributed by atoms with van der Waals surface area (Å²) in [5.74, 6) is 2.99. The first-order valence-electron chi connectivity index (χ1n) is 10.1. The maximum Gasteiger partial charge on any atom is 0.191 e. The number of hydrogen-bond acceptors (Lipinski definition) is 5. The van der Waals surface area contributed by atoms with Crippen molar-refractivity contribution < 1.29 is 14.2 Å². The van der Waals surface area contributed by atoms with Gasteiger partial charge in [-0.2, -0.15) is 0 Å². The van der Waals surface area contributed by atoms with Crippen molar-refractivity contribution in [2.75, 3.05) is 60.7 Å². The number of benzene rings is 1. The molecule has 1 unspecified atom stereocenters. The van der Waals surface area contributed by atoms with Gasteiger partial charge >= 0.3 is 0 Å². The van der Waals surface area contributed by atoms with Crippen LogP contribution in [0.1, 0.15) is 31.9 Å². The monoisotopic (exact) mass is 392 g/mol. The lowest BCUT2D eigenvalue weighted by molar-refractivity contribution is 0.0169. The van der Waals surface area contributed by atoms with Gasteiger partial charge in [0.1, 0.15) is 0 Å². The molecule has 0 bridgehead atoms.